The van der Waals surface area contributed by atoms with Crippen LogP contribution in [0, 0.1) is 5.41 Å². The second-order valence-electron chi connectivity index (χ2n) is 20.1. The smallest absolute Gasteiger partial charge is 0.408 e. The normalized spacial score (nSPS) is 20.3. The minimum atomic E-state index is -4.58. The Morgan fingerprint density at radius 2 is 1.73 bits per heavy atom. The van der Waals surface area contributed by atoms with Crippen LogP contribution in [0.1, 0.15) is 96.6 Å². The Balaban J connectivity index is 1.27. The maximum absolute atomic E-state index is 14.9. The summed E-state index contributed by atoms with van der Waals surface area (Å²) in [6.45, 7) is 13.9. The van der Waals surface area contributed by atoms with Crippen LogP contribution in [0.2, 0.25) is 0 Å². The predicted molar refractivity (Wildman–Crippen MR) is 246 cm³/mol. The number of aliphatic carboxylic acids is 1. The van der Waals surface area contributed by atoms with Crippen LogP contribution in [0.3, 0.4) is 0 Å². The lowest BCUT2D eigenvalue weighted by molar-refractivity contribution is -0.148. The SMILES string of the molecule is COC(C)c1ncc(N2CCN(C3CC3)CC2)cc1-c1c(CC(C)(C)CO)c2cc(C3=CCCN(CC(NC(=O)OC(C)(C)C)C(=O)N4CCC[C@@H](C(=O)O)N4)C3)ccc2n1CC(F)(F)F. The number of carbonyl (C=O) groups is 3. The quantitative estimate of drug-likeness (QED) is 0.133. The Kier molecular flexibility index (Phi) is 14.8. The van der Waals surface area contributed by atoms with E-state index in [4.69, 9.17) is 14.5 Å². The summed E-state index contributed by atoms with van der Waals surface area (Å²) in [6.07, 6.45) is 2.05. The molecule has 15 nitrogen and oxygen atoms in total. The van der Waals surface area contributed by atoms with Gasteiger partial charge in [-0.15, -0.1) is 0 Å². The third-order valence-corrected chi connectivity index (χ3v) is 13.0. The van der Waals surface area contributed by atoms with E-state index in [-0.39, 0.29) is 26.1 Å². The molecule has 3 aliphatic heterocycles. The zero-order valence-corrected chi connectivity index (χ0v) is 39.3. The molecule has 2 unspecified atom stereocenters. The molecule has 0 radical (unpaired) electrons. The zero-order valence-electron chi connectivity index (χ0n) is 39.3. The molecule has 18 heteroatoms. The number of hydrogen-bond acceptors (Lipinski definition) is 11. The molecule has 362 valence electrons. The molecule has 0 spiro atoms. The lowest BCUT2D eigenvalue weighted by Gasteiger charge is -2.36. The number of carboxylic acid groups (broad SMARTS) is 1. The molecule has 2 aromatic heterocycles. The first-order valence-electron chi connectivity index (χ1n) is 23.2. The van der Waals surface area contributed by atoms with Crippen molar-refractivity contribution in [2.24, 2.45) is 5.41 Å². The summed E-state index contributed by atoms with van der Waals surface area (Å²) in [6, 6.07) is 6.05. The van der Waals surface area contributed by atoms with Gasteiger partial charge >= 0.3 is 18.2 Å². The summed E-state index contributed by atoms with van der Waals surface area (Å²) >= 11 is 0. The van der Waals surface area contributed by atoms with Crippen molar-refractivity contribution in [1.29, 1.82) is 0 Å². The number of fused-ring (bicyclic) bond motifs is 1. The van der Waals surface area contributed by atoms with E-state index in [1.54, 1.807) is 40.1 Å². The number of alkyl carbamates (subject to hydrolysis) is 1. The number of halogens is 3. The number of rotatable bonds is 15. The third-order valence-electron chi connectivity index (χ3n) is 13.0. The van der Waals surface area contributed by atoms with E-state index in [1.165, 1.54) is 22.4 Å². The van der Waals surface area contributed by atoms with Crippen LogP contribution >= 0.6 is 0 Å². The standard InChI is InChI=1S/C48H67F3N8O7/c1-30(65-7)41-36(23-34(25-52-41)57-20-18-56(19-21-57)33-13-14-33)42-37(24-47(5,6)29-60)35-22-31(12-15-40(35)58(42)28-48(49,50)51)32-10-8-16-55(26-32)27-39(53-45(64)66-46(2,3)4)43(61)59-17-9-11-38(54-59)44(62)63/h10,12,15,22-23,25,30,33,38-39,54,60H,8-9,11,13-14,16-21,24,26-29H2,1-7H3,(H,53,64)(H,62,63)/t30?,38-,39?/m0/s1. The molecule has 2 saturated heterocycles. The van der Waals surface area contributed by atoms with Crippen LogP contribution < -0.4 is 15.6 Å². The molecular weight excluding hydrogens is 858 g/mol. The van der Waals surface area contributed by atoms with Crippen molar-refractivity contribution in [3.63, 3.8) is 0 Å². The number of aliphatic hydroxyl groups excluding tert-OH is 1. The number of carbonyl (C=O) groups excluding carboxylic acids is 2. The summed E-state index contributed by atoms with van der Waals surface area (Å²) < 4.78 is 57.3. The summed E-state index contributed by atoms with van der Waals surface area (Å²) in [4.78, 5) is 50.7. The summed E-state index contributed by atoms with van der Waals surface area (Å²) in [7, 11) is 1.56. The van der Waals surface area contributed by atoms with Gasteiger partial charge in [-0.05, 0) is 107 Å². The number of nitrogens with zero attached hydrogens (tertiary/aromatic N) is 6. The second kappa shape index (κ2) is 19.8. The lowest BCUT2D eigenvalue weighted by atomic mass is 9.84. The van der Waals surface area contributed by atoms with Gasteiger partial charge in [0.15, 0.2) is 0 Å². The van der Waals surface area contributed by atoms with Gasteiger partial charge in [0.25, 0.3) is 5.91 Å². The number of nitrogens with one attached hydrogen (secondary N) is 2. The number of hydrazine groups is 1. The number of methoxy groups -OCH3 is 1. The number of aliphatic hydroxyl groups is 1. The molecule has 0 bridgehead atoms. The van der Waals surface area contributed by atoms with E-state index >= 15 is 0 Å². The fourth-order valence-corrected chi connectivity index (χ4v) is 9.41. The molecule has 5 heterocycles. The van der Waals surface area contributed by atoms with Crippen LogP contribution in [0.5, 0.6) is 0 Å². The van der Waals surface area contributed by atoms with Crippen LogP contribution in [0.15, 0.2) is 36.5 Å². The second-order valence-corrected chi connectivity index (χ2v) is 20.1. The van der Waals surface area contributed by atoms with Gasteiger partial charge in [0.05, 0.1) is 29.4 Å². The predicted octanol–water partition coefficient (Wildman–Crippen LogP) is 6.38. The van der Waals surface area contributed by atoms with Crippen molar-refractivity contribution in [2.45, 2.75) is 123 Å². The first kappa shape index (κ1) is 49.2. The van der Waals surface area contributed by atoms with E-state index in [0.29, 0.717) is 71.8 Å². The number of hydrogen-bond donors (Lipinski definition) is 4. The molecule has 1 saturated carbocycles. The first-order chi connectivity index (χ1) is 31.1. The molecule has 4 N–H and O–H groups in total. The van der Waals surface area contributed by atoms with Crippen molar-refractivity contribution < 1.29 is 47.2 Å². The fraction of sp³-hybridized carbons (Fsp3) is 0.625. The Morgan fingerprint density at radius 3 is 2.36 bits per heavy atom. The van der Waals surface area contributed by atoms with Crippen LogP contribution in [0.25, 0.3) is 27.7 Å². The van der Waals surface area contributed by atoms with E-state index < -0.39 is 59.9 Å². The molecule has 66 heavy (non-hydrogen) atoms. The van der Waals surface area contributed by atoms with Crippen molar-refractivity contribution >= 4 is 40.1 Å². The van der Waals surface area contributed by atoms with Crippen molar-refractivity contribution in [3.8, 4) is 11.3 Å². The number of ether oxygens (including phenoxy) is 2. The molecule has 4 aliphatic rings. The molecule has 7 rings (SSSR count). The average Bonchev–Trinajstić information content (AvgIpc) is 4.09. The molecule has 1 aromatic carbocycles. The number of anilines is 1. The topological polar surface area (TPSA) is 165 Å². The Hall–Kier alpha value is -4.75. The maximum Gasteiger partial charge on any atom is 0.408 e. The van der Waals surface area contributed by atoms with Gasteiger partial charge in [-0.3, -0.25) is 29.4 Å². The van der Waals surface area contributed by atoms with Gasteiger partial charge in [0.2, 0.25) is 0 Å². The number of benzene rings is 1. The summed E-state index contributed by atoms with van der Waals surface area (Å²) in [5.41, 5.74) is 6.24. The number of alkyl halides is 3. The number of aromatic nitrogens is 2. The van der Waals surface area contributed by atoms with Crippen LogP contribution in [0.4, 0.5) is 23.7 Å². The summed E-state index contributed by atoms with van der Waals surface area (Å²) in [5, 5.41) is 24.9. The highest BCUT2D eigenvalue weighted by atomic mass is 19.4. The largest absolute Gasteiger partial charge is 0.480 e. The summed E-state index contributed by atoms with van der Waals surface area (Å²) in [5.74, 6) is -1.58. The molecular formula is C48H67F3N8O7. The van der Waals surface area contributed by atoms with Crippen molar-refractivity contribution in [3.05, 3.63) is 53.4 Å². The highest BCUT2D eigenvalue weighted by Crippen LogP contribution is 2.44. The number of amides is 2. The van der Waals surface area contributed by atoms with Crippen LogP contribution in [-0.4, -0.2) is 149 Å². The van der Waals surface area contributed by atoms with Crippen molar-refractivity contribution in [1.82, 2.24) is 35.1 Å². The van der Waals surface area contributed by atoms with E-state index in [2.05, 4.69) is 26.6 Å². The fourth-order valence-electron chi connectivity index (χ4n) is 9.41. The number of carboxylic acids is 1. The van der Waals surface area contributed by atoms with Crippen LogP contribution in [-0.2, 0) is 32.0 Å². The van der Waals surface area contributed by atoms with Gasteiger partial charge in [-0.2, -0.15) is 13.2 Å². The van der Waals surface area contributed by atoms with Gasteiger partial charge in [-0.25, -0.2) is 10.2 Å². The van der Waals surface area contributed by atoms with Gasteiger partial charge in [0, 0.05) is 88.6 Å². The molecule has 3 fully saturated rings. The van der Waals surface area contributed by atoms with E-state index in [1.807, 2.05) is 43.9 Å². The minimum Gasteiger partial charge on any atom is -0.480 e. The third kappa shape index (κ3) is 11.9. The lowest BCUT2D eigenvalue weighted by Crippen LogP contribution is -2.62. The molecule has 2 amide bonds. The Morgan fingerprint density at radius 1 is 1.00 bits per heavy atom. The average molecular weight is 925 g/mol. The van der Waals surface area contributed by atoms with E-state index in [0.717, 1.165) is 43.0 Å². The molecule has 3 aromatic rings. The number of piperazine rings is 1. The van der Waals surface area contributed by atoms with Crippen molar-refractivity contribution in [2.75, 3.05) is 71.0 Å². The van der Waals surface area contributed by atoms with Gasteiger partial charge in [0.1, 0.15) is 24.2 Å². The zero-order chi connectivity index (χ0) is 47.7. The first-order valence-corrected chi connectivity index (χ1v) is 23.2. The molecule has 3 atom stereocenters. The van der Waals surface area contributed by atoms with E-state index in [9.17, 15) is 37.8 Å². The highest BCUT2D eigenvalue weighted by Gasteiger charge is 2.38. The maximum atomic E-state index is 14.9. The Bertz CT molecular complexity index is 2280. The van der Waals surface area contributed by atoms with Gasteiger partial charge in [-0.1, -0.05) is 26.0 Å². The Labute approximate surface area is 385 Å². The molecule has 1 aliphatic carbocycles. The number of pyridine rings is 1. The highest BCUT2D eigenvalue weighted by molar-refractivity contribution is 5.95. The minimum absolute atomic E-state index is 0.0784. The van der Waals surface area contributed by atoms with Gasteiger partial charge < -0.3 is 34.5 Å². The monoisotopic (exact) mass is 925 g/mol.